The van der Waals surface area contributed by atoms with Crippen molar-refractivity contribution < 1.29 is 9.13 Å². The second-order valence-electron chi connectivity index (χ2n) is 3.72. The molecule has 0 radical (unpaired) electrons. The average Bonchev–Trinajstić information content (AvgIpc) is 2.79. The monoisotopic (exact) mass is 329 g/mol. The van der Waals surface area contributed by atoms with Gasteiger partial charge in [-0.15, -0.1) is 11.3 Å². The summed E-state index contributed by atoms with van der Waals surface area (Å²) < 4.78 is 20.3. The van der Waals surface area contributed by atoms with E-state index in [1.165, 1.54) is 7.11 Å². The molecule has 2 aromatic rings. The summed E-state index contributed by atoms with van der Waals surface area (Å²) in [5.74, 6) is -0.0555. The van der Waals surface area contributed by atoms with Crippen LogP contribution < -0.4 is 10.1 Å². The Bertz CT molecular complexity index is 544. The van der Waals surface area contributed by atoms with Crippen molar-refractivity contribution >= 4 is 27.3 Å². The number of halogens is 2. The highest BCUT2D eigenvalue weighted by Crippen LogP contribution is 2.35. The van der Waals surface area contributed by atoms with Crippen LogP contribution in [-0.4, -0.2) is 14.2 Å². The highest BCUT2D eigenvalue weighted by molar-refractivity contribution is 9.10. The minimum absolute atomic E-state index is 0.186. The Balaban J connectivity index is 2.49. The molecule has 0 saturated carbocycles. The van der Waals surface area contributed by atoms with Gasteiger partial charge in [-0.3, -0.25) is 0 Å². The molecule has 1 aromatic heterocycles. The van der Waals surface area contributed by atoms with Crippen molar-refractivity contribution in [2.24, 2.45) is 0 Å². The molecule has 2 nitrogen and oxygen atoms in total. The molecule has 2 rings (SSSR count). The SMILES string of the molecule is CNC(c1cccc(OC)c1F)c1sccc1Br. The van der Waals surface area contributed by atoms with Crippen molar-refractivity contribution in [2.75, 3.05) is 14.2 Å². The summed E-state index contributed by atoms with van der Waals surface area (Å²) >= 11 is 5.06. The van der Waals surface area contributed by atoms with Crippen LogP contribution >= 0.6 is 27.3 Å². The van der Waals surface area contributed by atoms with Crippen molar-refractivity contribution in [3.05, 3.63) is 50.4 Å². The molecule has 0 amide bonds. The Hall–Kier alpha value is -0.910. The van der Waals surface area contributed by atoms with E-state index in [1.54, 1.807) is 29.5 Å². The minimum Gasteiger partial charge on any atom is -0.494 e. The summed E-state index contributed by atoms with van der Waals surface area (Å²) in [6.45, 7) is 0. The number of rotatable bonds is 4. The highest BCUT2D eigenvalue weighted by atomic mass is 79.9. The highest BCUT2D eigenvalue weighted by Gasteiger charge is 2.21. The van der Waals surface area contributed by atoms with Crippen LogP contribution in [-0.2, 0) is 0 Å². The van der Waals surface area contributed by atoms with Gasteiger partial charge in [0.25, 0.3) is 0 Å². The van der Waals surface area contributed by atoms with Crippen LogP contribution in [0.3, 0.4) is 0 Å². The zero-order chi connectivity index (χ0) is 13.1. The number of methoxy groups -OCH3 is 1. The second-order valence-corrected chi connectivity index (χ2v) is 5.52. The Labute approximate surface area is 118 Å². The van der Waals surface area contributed by atoms with E-state index in [2.05, 4.69) is 21.2 Å². The van der Waals surface area contributed by atoms with Crippen LogP contribution in [0.15, 0.2) is 34.1 Å². The van der Waals surface area contributed by atoms with E-state index in [4.69, 9.17) is 4.74 Å². The number of benzene rings is 1. The quantitative estimate of drug-likeness (QED) is 0.916. The summed E-state index contributed by atoms with van der Waals surface area (Å²) in [5.41, 5.74) is 0.583. The molecule has 1 unspecified atom stereocenters. The van der Waals surface area contributed by atoms with Crippen molar-refractivity contribution in [1.82, 2.24) is 5.32 Å². The molecule has 0 bridgehead atoms. The van der Waals surface area contributed by atoms with Crippen molar-refractivity contribution in [2.45, 2.75) is 6.04 Å². The molecule has 1 N–H and O–H groups in total. The standard InChI is InChI=1S/C13H13BrFNOS/c1-16-12(13-9(14)6-7-18-13)8-4-3-5-10(17-2)11(8)15/h3-7,12,16H,1-2H3. The lowest BCUT2D eigenvalue weighted by Gasteiger charge is -2.17. The third kappa shape index (κ3) is 2.43. The van der Waals surface area contributed by atoms with Crippen molar-refractivity contribution in [1.29, 1.82) is 0 Å². The maximum absolute atomic E-state index is 14.3. The van der Waals surface area contributed by atoms with E-state index in [-0.39, 0.29) is 17.6 Å². The van der Waals surface area contributed by atoms with Gasteiger partial charge in [-0.1, -0.05) is 12.1 Å². The lowest BCUT2D eigenvalue weighted by atomic mass is 10.0. The normalized spacial score (nSPS) is 12.4. The molecule has 18 heavy (non-hydrogen) atoms. The van der Waals surface area contributed by atoms with Gasteiger partial charge < -0.3 is 10.1 Å². The van der Waals surface area contributed by atoms with E-state index in [0.717, 1.165) is 9.35 Å². The first-order valence-corrected chi connectivity index (χ1v) is 7.08. The summed E-state index contributed by atoms with van der Waals surface area (Å²) in [6, 6.07) is 6.96. The van der Waals surface area contributed by atoms with E-state index in [1.807, 2.05) is 18.5 Å². The van der Waals surface area contributed by atoms with Crippen molar-refractivity contribution in [3.8, 4) is 5.75 Å². The first-order valence-electron chi connectivity index (χ1n) is 5.41. The molecular weight excluding hydrogens is 317 g/mol. The minimum atomic E-state index is -0.320. The van der Waals surface area contributed by atoms with Gasteiger partial charge in [0.15, 0.2) is 11.6 Å². The summed E-state index contributed by atoms with van der Waals surface area (Å²) in [7, 11) is 3.29. The number of thiophene rings is 1. The first kappa shape index (κ1) is 13.5. The molecule has 1 aromatic carbocycles. The van der Waals surface area contributed by atoms with E-state index in [0.29, 0.717) is 5.56 Å². The maximum atomic E-state index is 14.3. The number of ether oxygens (including phenoxy) is 1. The van der Waals surface area contributed by atoms with Crippen LogP contribution in [0, 0.1) is 5.82 Å². The maximum Gasteiger partial charge on any atom is 0.170 e. The smallest absolute Gasteiger partial charge is 0.170 e. The predicted molar refractivity (Wildman–Crippen MR) is 75.9 cm³/mol. The molecule has 0 aliphatic rings. The summed E-state index contributed by atoms with van der Waals surface area (Å²) in [4.78, 5) is 1.05. The van der Waals surface area contributed by atoms with Crippen LogP contribution in [0.4, 0.5) is 4.39 Å². The molecule has 0 aliphatic heterocycles. The number of nitrogens with one attached hydrogen (secondary N) is 1. The summed E-state index contributed by atoms with van der Waals surface area (Å²) in [5, 5.41) is 5.11. The van der Waals surface area contributed by atoms with E-state index < -0.39 is 0 Å². The molecule has 5 heteroatoms. The molecule has 1 heterocycles. The van der Waals surface area contributed by atoms with Gasteiger partial charge in [0.05, 0.1) is 13.2 Å². The van der Waals surface area contributed by atoms with Crippen LogP contribution in [0.5, 0.6) is 5.75 Å². The average molecular weight is 330 g/mol. The molecule has 0 spiro atoms. The van der Waals surface area contributed by atoms with Crippen molar-refractivity contribution in [3.63, 3.8) is 0 Å². The van der Waals surface area contributed by atoms with E-state index >= 15 is 0 Å². The lowest BCUT2D eigenvalue weighted by Crippen LogP contribution is -2.18. The second kappa shape index (κ2) is 5.82. The molecule has 0 saturated heterocycles. The Morgan fingerprint density at radius 2 is 2.17 bits per heavy atom. The van der Waals surface area contributed by atoms with Crippen LogP contribution in [0.2, 0.25) is 0 Å². The molecule has 96 valence electrons. The molecule has 1 atom stereocenters. The first-order chi connectivity index (χ1) is 8.69. The van der Waals surface area contributed by atoms with Gasteiger partial charge in [0, 0.05) is 14.9 Å². The summed E-state index contributed by atoms with van der Waals surface area (Å²) in [6.07, 6.45) is 0. The number of hydrogen-bond acceptors (Lipinski definition) is 3. The Kier molecular flexibility index (Phi) is 4.37. The zero-order valence-corrected chi connectivity index (χ0v) is 12.4. The molecule has 0 aliphatic carbocycles. The van der Waals surface area contributed by atoms with Gasteiger partial charge in [-0.2, -0.15) is 0 Å². The van der Waals surface area contributed by atoms with Gasteiger partial charge in [-0.05, 0) is 40.5 Å². The fourth-order valence-electron chi connectivity index (χ4n) is 1.85. The van der Waals surface area contributed by atoms with Gasteiger partial charge in [0.2, 0.25) is 0 Å². The van der Waals surface area contributed by atoms with Crippen LogP contribution in [0.25, 0.3) is 0 Å². The third-order valence-electron chi connectivity index (χ3n) is 2.72. The lowest BCUT2D eigenvalue weighted by molar-refractivity contribution is 0.382. The largest absolute Gasteiger partial charge is 0.494 e. The fraction of sp³-hybridized carbons (Fsp3) is 0.231. The third-order valence-corrected chi connectivity index (χ3v) is 4.66. The Morgan fingerprint density at radius 1 is 1.39 bits per heavy atom. The van der Waals surface area contributed by atoms with Crippen LogP contribution in [0.1, 0.15) is 16.5 Å². The van der Waals surface area contributed by atoms with Gasteiger partial charge in [-0.25, -0.2) is 4.39 Å². The number of hydrogen-bond donors (Lipinski definition) is 1. The molecule has 0 fully saturated rings. The van der Waals surface area contributed by atoms with E-state index in [9.17, 15) is 4.39 Å². The van der Waals surface area contributed by atoms with Gasteiger partial charge in [0.1, 0.15) is 0 Å². The predicted octanol–water partition coefficient (Wildman–Crippen LogP) is 3.97. The zero-order valence-electron chi connectivity index (χ0n) is 10.0. The molecular formula is C13H13BrFNOS. The van der Waals surface area contributed by atoms with Gasteiger partial charge >= 0.3 is 0 Å². The Morgan fingerprint density at radius 3 is 2.72 bits per heavy atom. The topological polar surface area (TPSA) is 21.3 Å². The fourth-order valence-corrected chi connectivity index (χ4v) is 3.58.